The monoisotopic (exact) mass is 1900 g/mol. The molecule has 14 unspecified atom stereocenters. The number of thioether (sulfide) groups is 1. The number of unbranched alkanes of at least 4 members (excludes halogenated alkanes) is 2. The highest BCUT2D eigenvalue weighted by Crippen LogP contribution is 2.29. The number of aromatic hydroxyl groups is 1. The number of imidazole rings is 1. The number of fused-ring (bicyclic) bond motifs is 5. The summed E-state index contributed by atoms with van der Waals surface area (Å²) in [6, 6.07) is -0.982. The molecule has 14 atom stereocenters. The molecule has 3 aromatic heterocycles. The number of amides is 17. The van der Waals surface area contributed by atoms with Crippen molar-refractivity contribution in [2.45, 2.75) is 241 Å². The third-order valence-electron chi connectivity index (χ3n) is 24.8. The minimum absolute atomic E-state index is 0.00210. The van der Waals surface area contributed by atoms with Gasteiger partial charge in [-0.2, -0.15) is 0 Å². The Kier molecular flexibility index (Phi) is 38.4. The molecule has 136 heavy (non-hydrogen) atoms. The summed E-state index contributed by atoms with van der Waals surface area (Å²) < 4.78 is 0. The summed E-state index contributed by atoms with van der Waals surface area (Å²) in [6.45, 7) is 5.35. The molecule has 7 heterocycles. The second kappa shape index (κ2) is 50.1. The molecule has 0 saturated carbocycles. The Morgan fingerprint density at radius 3 is 1.51 bits per heavy atom. The number of hydrogen-bond donors (Lipinski definition) is 20. The SMILES string of the molecule is CCCCC1C(=O)N(C)C(CCCC)C(=O)NC(CCCNC(=N)N)C(=O)NC(C(=O)NCC(N)=O)CSCC(=O)NC(Cc2ccc(O)cc2)C(=O)N2CCCC2C(=O)NC(CC(N)=O)C(=O)N2CCCC2C(=O)NC(Cc2cnc[nH]2)C(=O)NC(CC(C)C)C(=O)N2CCCC2C(=O)NC(Cc2c[nH]c3ccccc23)C(=O)NC(CO)C(=O)NC(Cc2c[nH]c3ccccc23)C(=O)N1C. The number of primary amides is 2. The molecule has 44 heteroatoms. The van der Waals surface area contributed by atoms with Crippen molar-refractivity contribution in [3.63, 3.8) is 0 Å². The van der Waals surface area contributed by atoms with Crippen LogP contribution in [0.15, 0.2) is 97.7 Å². The Morgan fingerprint density at radius 1 is 0.507 bits per heavy atom. The second-order valence-electron chi connectivity index (χ2n) is 35.3. The number of aromatic nitrogens is 4. The van der Waals surface area contributed by atoms with Gasteiger partial charge in [-0.3, -0.25) is 86.9 Å². The summed E-state index contributed by atoms with van der Waals surface area (Å²) in [5.74, 6) is -16.9. The van der Waals surface area contributed by atoms with Crippen LogP contribution in [0.5, 0.6) is 5.75 Å². The number of rotatable bonds is 26. The molecule has 4 aliphatic heterocycles. The van der Waals surface area contributed by atoms with Crippen LogP contribution in [0.2, 0.25) is 0 Å². The number of aliphatic hydroxyl groups is 1. The Labute approximate surface area is 790 Å². The Hall–Kier alpha value is -13.7. The number of H-pyrrole nitrogens is 3. The van der Waals surface area contributed by atoms with Gasteiger partial charge in [0.15, 0.2) is 5.96 Å². The van der Waals surface area contributed by atoms with Gasteiger partial charge >= 0.3 is 0 Å². The Morgan fingerprint density at radius 2 is 0.985 bits per heavy atom. The number of nitrogens with zero attached hydrogens (tertiary/aromatic N) is 6. The van der Waals surface area contributed by atoms with Crippen LogP contribution in [-0.2, 0) is 107 Å². The molecule has 0 bridgehead atoms. The van der Waals surface area contributed by atoms with E-state index in [-0.39, 0.29) is 134 Å². The van der Waals surface area contributed by atoms with E-state index < -0.39 is 222 Å². The maximum Gasteiger partial charge on any atom is 0.246 e. The highest BCUT2D eigenvalue weighted by Gasteiger charge is 2.47. The first-order chi connectivity index (χ1) is 65.1. The quantitative estimate of drug-likeness (QED) is 0.0163. The number of carbonyl (C=O) groups is 17. The van der Waals surface area contributed by atoms with Crippen molar-refractivity contribution in [3.8, 4) is 5.75 Å². The lowest BCUT2D eigenvalue weighted by atomic mass is 10.00. The Balaban J connectivity index is 1.02. The zero-order valence-corrected chi connectivity index (χ0v) is 78.2. The smallest absolute Gasteiger partial charge is 0.246 e. The molecule has 23 N–H and O–H groups in total. The number of nitrogens with one attached hydrogen (secondary N) is 15. The van der Waals surface area contributed by atoms with Gasteiger partial charge in [-0.25, -0.2) is 4.98 Å². The van der Waals surface area contributed by atoms with Crippen molar-refractivity contribution < 1.29 is 91.7 Å². The van der Waals surface area contributed by atoms with Crippen molar-refractivity contribution in [3.05, 3.63) is 120 Å². The topological polar surface area (TPSA) is 641 Å². The number of aliphatic hydroxyl groups excluding tert-OH is 1. The zero-order chi connectivity index (χ0) is 98.6. The van der Waals surface area contributed by atoms with Crippen molar-refractivity contribution in [2.24, 2.45) is 23.1 Å². The molecule has 0 radical (unpaired) electrons. The van der Waals surface area contributed by atoms with E-state index in [1.165, 1.54) is 60.7 Å². The first kappa shape index (κ1) is 104. The van der Waals surface area contributed by atoms with E-state index in [4.69, 9.17) is 22.6 Å². The van der Waals surface area contributed by atoms with Crippen molar-refractivity contribution in [1.29, 1.82) is 5.41 Å². The molecule has 4 fully saturated rings. The number of aromatic amines is 3. The molecule has 0 spiro atoms. The predicted molar refractivity (Wildman–Crippen MR) is 501 cm³/mol. The number of carbonyl (C=O) groups excluding carboxylic acids is 17. The summed E-state index contributed by atoms with van der Waals surface area (Å²) in [7, 11) is 2.72. The normalized spacial score (nSPS) is 24.5. The van der Waals surface area contributed by atoms with E-state index in [1.54, 1.807) is 74.8 Å². The van der Waals surface area contributed by atoms with Crippen LogP contribution in [0.4, 0.5) is 0 Å². The molecule has 4 aliphatic rings. The summed E-state index contributed by atoms with van der Waals surface area (Å²) >= 11 is 0.784. The molecule has 10 rings (SSSR count). The van der Waals surface area contributed by atoms with Crippen LogP contribution in [0.25, 0.3) is 21.8 Å². The number of phenolic OH excluding ortho intramolecular Hbond substituents is 1. The van der Waals surface area contributed by atoms with Crippen LogP contribution in [-0.4, -0.2) is 311 Å². The number of benzene rings is 3. The van der Waals surface area contributed by atoms with Crippen LogP contribution in [0.3, 0.4) is 0 Å². The average molecular weight is 1910 g/mol. The predicted octanol–water partition coefficient (Wildman–Crippen LogP) is -1.76. The fourth-order valence-corrected chi connectivity index (χ4v) is 18.5. The zero-order valence-electron chi connectivity index (χ0n) is 77.4. The standard InChI is InChI=1S/C92H128N24O19S/c1-7-9-24-70-83(127)104-61(23-15-33-98-92(95)96)79(123)111-69(78(122)101-46-76(94)120)48-136-49-77(121)103-65(38-52-29-31-56(118)32-30-52)89(133)115-35-18-28-73(115)86(130)109-67(42-75(93)119)90(134)116-36-17-27-72(116)85(129)106-63(41-55-45-97-50-102-55)81(125)107-64(37-51(3)4)88(132)114-34-16-26-71(114)84(128)105-62(39-53-43-99-59-21-13-11-19-57(53)59)80(124)110-68(47-117)82(126)108-66(40-54-44-100-60-22-14-12-20-58(54)60)87(131)113(6)74(25-10-8-2)91(135)112(70)5/h11-14,19-22,29-32,43-45,50-51,61-74,99-100,117-118H,7-10,15-18,23-28,33-42,46-49H2,1-6H3,(H2,93,119)(H2,94,120)(H,97,102)(H,101,122)(H,103,121)(H,104,127)(H,105,128)(H,106,129)(H,107,125)(H,108,126)(H,109,130)(H,110,124)(H,111,123)(H4,95,96,98). The first-order valence-electron chi connectivity index (χ1n) is 46.2. The number of guanidine groups is 1. The largest absolute Gasteiger partial charge is 0.508 e. The molecule has 4 saturated heterocycles. The highest BCUT2D eigenvalue weighted by atomic mass is 32.2. The highest BCUT2D eigenvalue weighted by molar-refractivity contribution is 8.00. The summed E-state index contributed by atoms with van der Waals surface area (Å²) in [5, 5.41) is 60.3. The summed E-state index contributed by atoms with van der Waals surface area (Å²) in [6.07, 6.45) is 6.58. The fourth-order valence-electron chi connectivity index (χ4n) is 17.7. The number of phenols is 1. The lowest BCUT2D eigenvalue weighted by Crippen LogP contribution is -2.62. The van der Waals surface area contributed by atoms with Gasteiger partial charge in [0.05, 0.1) is 31.7 Å². The number of para-hydroxylation sites is 2. The van der Waals surface area contributed by atoms with Gasteiger partial charge in [0.2, 0.25) is 100 Å². The molecule has 6 aromatic rings. The van der Waals surface area contributed by atoms with Gasteiger partial charge in [0.25, 0.3) is 0 Å². The molecule has 736 valence electrons. The number of hydrogen-bond acceptors (Lipinski definition) is 22. The van der Waals surface area contributed by atoms with E-state index in [0.717, 1.165) is 26.5 Å². The van der Waals surface area contributed by atoms with Crippen molar-refractivity contribution >= 4 is 140 Å². The molecular weight excluding hydrogens is 1780 g/mol. The maximum atomic E-state index is 15.8. The number of nitrogens with two attached hydrogens (primary N) is 3. The lowest BCUT2D eigenvalue weighted by Gasteiger charge is -2.36. The van der Waals surface area contributed by atoms with E-state index in [9.17, 15) is 43.8 Å². The van der Waals surface area contributed by atoms with Crippen LogP contribution in [0.1, 0.15) is 153 Å². The summed E-state index contributed by atoms with van der Waals surface area (Å²) in [5.41, 5.74) is 20.0. The van der Waals surface area contributed by atoms with E-state index in [1.807, 2.05) is 13.8 Å². The van der Waals surface area contributed by atoms with Crippen LogP contribution in [0, 0.1) is 11.3 Å². The van der Waals surface area contributed by atoms with Gasteiger partial charge in [0, 0.05) is 118 Å². The molecular formula is C92H128N24O19S. The minimum atomic E-state index is -1.85. The lowest BCUT2D eigenvalue weighted by molar-refractivity contribution is -0.149. The third-order valence-corrected chi connectivity index (χ3v) is 25.9. The molecule has 0 aliphatic carbocycles. The van der Waals surface area contributed by atoms with Crippen molar-refractivity contribution in [2.75, 3.05) is 64.9 Å². The second-order valence-corrected chi connectivity index (χ2v) is 36.4. The van der Waals surface area contributed by atoms with Gasteiger partial charge < -0.3 is 125 Å². The number of likely N-dealkylation sites (N-methyl/N-ethyl adjacent to an activating group) is 2. The van der Waals surface area contributed by atoms with Gasteiger partial charge in [-0.15, -0.1) is 11.8 Å². The van der Waals surface area contributed by atoms with Crippen LogP contribution < -0.4 is 75.7 Å². The van der Waals surface area contributed by atoms with E-state index in [0.29, 0.717) is 69.9 Å². The van der Waals surface area contributed by atoms with Crippen LogP contribution >= 0.6 is 11.8 Å². The fraction of sp³-hybridized carbons (Fsp3) is 0.533. The van der Waals surface area contributed by atoms with Crippen molar-refractivity contribution in [1.82, 2.24) is 103 Å². The molecule has 43 nitrogen and oxygen atoms in total. The summed E-state index contributed by atoms with van der Waals surface area (Å²) in [4.78, 5) is 271. The third kappa shape index (κ3) is 28.5. The van der Waals surface area contributed by atoms with E-state index in [2.05, 4.69) is 78.4 Å². The van der Waals surface area contributed by atoms with Gasteiger partial charge in [-0.05, 0) is 118 Å². The average Bonchev–Trinajstić information content (AvgIpc) is 1.63. The Bertz CT molecular complexity index is 5260. The first-order valence-corrected chi connectivity index (χ1v) is 47.3. The van der Waals surface area contributed by atoms with Gasteiger partial charge in [-0.1, -0.05) is 102 Å². The maximum absolute atomic E-state index is 15.8. The van der Waals surface area contributed by atoms with Gasteiger partial charge in [0.1, 0.15) is 90.3 Å². The minimum Gasteiger partial charge on any atom is -0.508 e. The molecule has 3 aromatic carbocycles. The van der Waals surface area contributed by atoms with E-state index >= 15 is 47.9 Å². The molecule has 17 amide bonds.